The summed E-state index contributed by atoms with van der Waals surface area (Å²) in [6.07, 6.45) is 3.24. The van der Waals surface area contributed by atoms with Crippen molar-refractivity contribution in [3.8, 4) is 5.75 Å². The average Bonchev–Trinajstić information content (AvgIpc) is 2.91. The maximum Gasteiger partial charge on any atom is 0.255 e. The van der Waals surface area contributed by atoms with Crippen LogP contribution in [-0.2, 0) is 19.8 Å². The number of fused-ring (bicyclic) bond motifs is 3. The van der Waals surface area contributed by atoms with Crippen molar-refractivity contribution in [1.29, 1.82) is 0 Å². The molecule has 0 spiro atoms. The van der Waals surface area contributed by atoms with Crippen LogP contribution in [0.4, 0.5) is 0 Å². The fourth-order valence-corrected chi connectivity index (χ4v) is 7.61. The molecule has 0 aromatic heterocycles. The first-order valence-electron chi connectivity index (χ1n) is 14.5. The van der Waals surface area contributed by atoms with Crippen molar-refractivity contribution in [3.63, 3.8) is 0 Å². The van der Waals surface area contributed by atoms with Gasteiger partial charge in [-0.25, -0.2) is 0 Å². The van der Waals surface area contributed by atoms with E-state index in [1.165, 1.54) is 19.3 Å². The van der Waals surface area contributed by atoms with Gasteiger partial charge in [0.2, 0.25) is 5.78 Å². The minimum atomic E-state index is -2.84. The van der Waals surface area contributed by atoms with Gasteiger partial charge in [-0.15, -0.1) is 0 Å². The van der Waals surface area contributed by atoms with Crippen LogP contribution in [0, 0.1) is 11.8 Å². The fourth-order valence-electron chi connectivity index (χ4n) is 7.61. The molecule has 7 N–H and O–H groups in total. The quantitative estimate of drug-likeness (QED) is 0.281. The molecule has 41 heavy (non-hydrogen) atoms. The van der Waals surface area contributed by atoms with Gasteiger partial charge in [-0.1, -0.05) is 39.3 Å². The molecule has 1 saturated heterocycles. The van der Waals surface area contributed by atoms with E-state index in [1.807, 2.05) is 19.9 Å². The van der Waals surface area contributed by atoms with Gasteiger partial charge in [-0.2, -0.15) is 0 Å². The highest BCUT2D eigenvalue weighted by Gasteiger charge is 2.65. The first-order chi connectivity index (χ1) is 19.2. The lowest BCUT2D eigenvalue weighted by atomic mass is 9.55. The van der Waals surface area contributed by atoms with E-state index in [2.05, 4.69) is 4.90 Å². The van der Waals surface area contributed by atoms with Gasteiger partial charge in [0.15, 0.2) is 11.4 Å². The van der Waals surface area contributed by atoms with Crippen LogP contribution in [0.2, 0.25) is 0 Å². The Hall–Kier alpha value is -3.21. The van der Waals surface area contributed by atoms with Crippen molar-refractivity contribution in [2.45, 2.75) is 82.3 Å². The van der Waals surface area contributed by atoms with Gasteiger partial charge in [-0.3, -0.25) is 14.4 Å². The van der Waals surface area contributed by atoms with Crippen LogP contribution < -0.4 is 5.73 Å². The number of aliphatic hydroxyl groups is 4. The molecule has 1 saturated carbocycles. The van der Waals surface area contributed by atoms with Gasteiger partial charge < -0.3 is 36.2 Å². The minimum Gasteiger partial charge on any atom is -0.508 e. The number of Topliss-reactive ketones (excluding diaryl/α,β-unsaturated/α-hetero) is 2. The van der Waals surface area contributed by atoms with Gasteiger partial charge in [0.25, 0.3) is 5.91 Å². The summed E-state index contributed by atoms with van der Waals surface area (Å²) in [5, 5.41) is 56.7. The second-order valence-electron chi connectivity index (χ2n) is 12.8. The molecule has 0 bridgehead atoms. The molecule has 1 aromatic rings. The van der Waals surface area contributed by atoms with Crippen molar-refractivity contribution in [1.82, 2.24) is 4.90 Å². The highest BCUT2D eigenvalue weighted by molar-refractivity contribution is 6.23. The molecule has 0 unspecified atom stereocenters. The van der Waals surface area contributed by atoms with E-state index in [9.17, 15) is 39.9 Å². The predicted molar refractivity (Wildman–Crippen MR) is 150 cm³/mol. The van der Waals surface area contributed by atoms with Crippen molar-refractivity contribution in [3.05, 3.63) is 45.7 Å². The maximum atomic E-state index is 13.9. The number of phenols is 1. The summed E-state index contributed by atoms with van der Waals surface area (Å²) in [7, 11) is 0. The van der Waals surface area contributed by atoms with Crippen LogP contribution in [-0.4, -0.2) is 79.2 Å². The Morgan fingerprint density at radius 1 is 1.12 bits per heavy atom. The van der Waals surface area contributed by atoms with Crippen molar-refractivity contribution in [2.75, 3.05) is 19.6 Å². The van der Waals surface area contributed by atoms with Crippen molar-refractivity contribution < 1.29 is 39.9 Å². The number of ketones is 2. The molecule has 10 heteroatoms. The number of phenolic OH excluding ortho intramolecular Hbond substituents is 1. The minimum absolute atomic E-state index is 0.0402. The van der Waals surface area contributed by atoms with Crippen molar-refractivity contribution in [2.24, 2.45) is 17.6 Å². The van der Waals surface area contributed by atoms with Crippen LogP contribution in [0.3, 0.4) is 0 Å². The van der Waals surface area contributed by atoms with Gasteiger partial charge in [0, 0.05) is 29.4 Å². The second kappa shape index (κ2) is 10.3. The number of hydrogen-bond donors (Lipinski definition) is 6. The number of nitrogens with zero attached hydrogens (tertiary/aromatic N) is 1. The average molecular weight is 569 g/mol. The molecular weight excluding hydrogens is 528 g/mol. The van der Waals surface area contributed by atoms with Gasteiger partial charge in [0.1, 0.15) is 22.8 Å². The lowest BCUT2D eigenvalue weighted by molar-refractivity contribution is -0.160. The molecule has 5 atom stereocenters. The molecule has 222 valence electrons. The Balaban J connectivity index is 1.55. The van der Waals surface area contributed by atoms with Gasteiger partial charge >= 0.3 is 0 Å². The number of hydrogen-bond acceptors (Lipinski definition) is 9. The Labute approximate surface area is 239 Å². The number of nitrogens with two attached hydrogens (primary N) is 1. The predicted octanol–water partition coefficient (Wildman–Crippen LogP) is 2.50. The van der Waals surface area contributed by atoms with E-state index >= 15 is 0 Å². The standard InChI is InChI=1S/C31H40N2O8/c1-15-16-8-9-17(30(2,3)10-7-13-33-11-5-4-6-12-33)24(35)21(16)26(37)23-20(15)25(36)18-14-19(34)22(29(32)40)27(38)31(18,41)28(23)39/h8-9,15,18,20,25,35-38,41H,4-7,10-14H2,1-3H3,(H2,32,40)/t15-,18+,20+,25+,31+/m0/s1. The Kier molecular flexibility index (Phi) is 7.33. The molecule has 1 aliphatic heterocycles. The second-order valence-corrected chi connectivity index (χ2v) is 12.8. The van der Waals surface area contributed by atoms with E-state index in [-0.39, 0.29) is 16.9 Å². The summed E-state index contributed by atoms with van der Waals surface area (Å²) in [5.41, 5.74) is 1.82. The number of aromatic hydroxyl groups is 1. The largest absolute Gasteiger partial charge is 0.508 e. The lowest BCUT2D eigenvalue weighted by Gasteiger charge is -2.50. The topological polar surface area (TPSA) is 182 Å². The summed E-state index contributed by atoms with van der Waals surface area (Å²) in [5.74, 6) is -8.43. The molecule has 5 rings (SSSR count). The maximum absolute atomic E-state index is 13.9. The zero-order valence-corrected chi connectivity index (χ0v) is 23.8. The first-order valence-corrected chi connectivity index (χ1v) is 14.5. The van der Waals surface area contributed by atoms with Crippen LogP contribution in [0.1, 0.15) is 81.9 Å². The van der Waals surface area contributed by atoms with Gasteiger partial charge in [0.05, 0.1) is 11.7 Å². The zero-order chi connectivity index (χ0) is 30.0. The molecule has 1 aromatic carbocycles. The highest BCUT2D eigenvalue weighted by atomic mass is 16.4. The molecule has 3 aliphatic carbocycles. The molecule has 4 aliphatic rings. The number of piperidine rings is 1. The normalized spacial score (nSPS) is 30.7. The number of aliphatic hydroxyl groups excluding tert-OH is 3. The molecule has 1 amide bonds. The van der Waals surface area contributed by atoms with Crippen LogP contribution in [0.5, 0.6) is 5.75 Å². The first kappa shape index (κ1) is 29.3. The van der Waals surface area contributed by atoms with Crippen LogP contribution in [0.15, 0.2) is 29.0 Å². The van der Waals surface area contributed by atoms with E-state index in [0.29, 0.717) is 11.1 Å². The molecule has 10 nitrogen and oxygen atoms in total. The number of benzene rings is 1. The van der Waals surface area contributed by atoms with Gasteiger partial charge in [-0.05, 0) is 62.2 Å². The van der Waals surface area contributed by atoms with E-state index in [1.54, 1.807) is 13.0 Å². The Morgan fingerprint density at radius 2 is 1.78 bits per heavy atom. The lowest BCUT2D eigenvalue weighted by Crippen LogP contribution is -2.63. The van der Waals surface area contributed by atoms with E-state index in [0.717, 1.165) is 32.5 Å². The summed E-state index contributed by atoms with van der Waals surface area (Å²) >= 11 is 0. The summed E-state index contributed by atoms with van der Waals surface area (Å²) in [6, 6.07) is 3.59. The number of likely N-dealkylation sites (tertiary alicyclic amines) is 1. The summed E-state index contributed by atoms with van der Waals surface area (Å²) < 4.78 is 0. The van der Waals surface area contributed by atoms with Crippen LogP contribution >= 0.6 is 0 Å². The van der Waals surface area contributed by atoms with E-state index < -0.39 is 75.9 Å². The van der Waals surface area contributed by atoms with E-state index in [4.69, 9.17) is 5.73 Å². The third kappa shape index (κ3) is 4.38. The number of primary amides is 1. The number of amides is 1. The Bertz CT molecular complexity index is 1370. The number of carbonyl (C=O) groups is 3. The molecule has 1 heterocycles. The smallest absolute Gasteiger partial charge is 0.255 e. The Morgan fingerprint density at radius 3 is 2.41 bits per heavy atom. The van der Waals surface area contributed by atoms with Crippen LogP contribution in [0.25, 0.3) is 5.76 Å². The molecule has 0 radical (unpaired) electrons. The summed E-state index contributed by atoms with van der Waals surface area (Å²) in [6.45, 7) is 8.91. The SMILES string of the molecule is C[C@H]1c2ccc(C(C)(C)CCCN3CCCCC3)c(O)c2C(O)=C2C(=O)[C@]3(O)C(O)=C(C(N)=O)C(=O)C[C@@H]3[C@@H](O)[C@@H]21. The third-order valence-corrected chi connectivity index (χ3v) is 9.95. The molecular formula is C31H40N2O8. The highest BCUT2D eigenvalue weighted by Crippen LogP contribution is 2.56. The monoisotopic (exact) mass is 568 g/mol. The summed E-state index contributed by atoms with van der Waals surface area (Å²) in [4.78, 5) is 40.8. The zero-order valence-electron chi connectivity index (χ0n) is 23.8. The fraction of sp³-hybridized carbons (Fsp3) is 0.581. The number of rotatable bonds is 6. The molecule has 2 fully saturated rings. The third-order valence-electron chi connectivity index (χ3n) is 9.95. The number of carbonyl (C=O) groups excluding carboxylic acids is 3. The van der Waals surface area contributed by atoms with Crippen molar-refractivity contribution >= 4 is 23.2 Å².